The molecule has 0 radical (unpaired) electrons. The van der Waals surface area contributed by atoms with E-state index in [0.29, 0.717) is 17.1 Å². The third-order valence-electron chi connectivity index (χ3n) is 2.21. The summed E-state index contributed by atoms with van der Waals surface area (Å²) in [6.45, 7) is 2.86. The first-order chi connectivity index (χ1) is 8.22. The summed E-state index contributed by atoms with van der Waals surface area (Å²) in [6, 6.07) is 4.79. The van der Waals surface area contributed by atoms with Crippen LogP contribution in [0, 0.1) is 5.82 Å². The first-order valence-corrected chi connectivity index (χ1v) is 6.76. The third kappa shape index (κ3) is 2.81. The summed E-state index contributed by atoms with van der Waals surface area (Å²) in [7, 11) is 0. The van der Waals surface area contributed by atoms with E-state index in [1.807, 2.05) is 0 Å². The van der Waals surface area contributed by atoms with Gasteiger partial charge in [0, 0.05) is 16.6 Å². The zero-order chi connectivity index (χ0) is 12.3. The number of nitrogens with one attached hydrogen (secondary N) is 1. The molecular weight excluding hydrogens is 305 g/mol. The van der Waals surface area contributed by atoms with Crippen LogP contribution in [0.5, 0.6) is 0 Å². The molecule has 0 amide bonds. The topological polar surface area (TPSA) is 37.8 Å². The van der Waals surface area contributed by atoms with E-state index in [9.17, 15) is 4.39 Å². The molecule has 1 aromatic heterocycles. The fourth-order valence-electron chi connectivity index (χ4n) is 1.40. The summed E-state index contributed by atoms with van der Waals surface area (Å²) >= 11 is 4.41. The van der Waals surface area contributed by atoms with Gasteiger partial charge in [0.2, 0.25) is 0 Å². The lowest BCUT2D eigenvalue weighted by Gasteiger charge is -2.05. The van der Waals surface area contributed by atoms with E-state index in [0.717, 1.165) is 29.2 Å². The van der Waals surface area contributed by atoms with Crippen molar-refractivity contribution < 1.29 is 4.39 Å². The van der Waals surface area contributed by atoms with Crippen LogP contribution in [0.15, 0.2) is 22.7 Å². The molecule has 1 N–H and O–H groups in total. The largest absolute Gasteiger partial charge is 0.367 e. The molecule has 0 fully saturated rings. The second-order valence-electron chi connectivity index (χ2n) is 3.51. The standard InChI is InChI=1S/C11H11BrFN3S/c1-2-5-14-11-10(15-17-16-11)8-6-7(12)3-4-9(8)13/h3-4,6H,2,5H2,1H3,(H,14,16). The molecule has 0 atom stereocenters. The van der Waals surface area contributed by atoms with Crippen LogP contribution in [0.3, 0.4) is 0 Å². The van der Waals surface area contributed by atoms with Crippen molar-refractivity contribution in [2.24, 2.45) is 0 Å². The smallest absolute Gasteiger partial charge is 0.168 e. The summed E-state index contributed by atoms with van der Waals surface area (Å²) in [6.07, 6.45) is 0.984. The Labute approximate surface area is 112 Å². The minimum Gasteiger partial charge on any atom is -0.367 e. The highest BCUT2D eigenvalue weighted by atomic mass is 79.9. The van der Waals surface area contributed by atoms with Crippen LogP contribution in [0.2, 0.25) is 0 Å². The highest BCUT2D eigenvalue weighted by Crippen LogP contribution is 2.30. The second kappa shape index (κ2) is 5.55. The Hall–Kier alpha value is -1.01. The second-order valence-corrected chi connectivity index (χ2v) is 4.96. The van der Waals surface area contributed by atoms with E-state index >= 15 is 0 Å². The van der Waals surface area contributed by atoms with E-state index in [1.54, 1.807) is 12.1 Å². The molecule has 0 aliphatic heterocycles. The number of halogens is 2. The van der Waals surface area contributed by atoms with Crippen molar-refractivity contribution in [1.29, 1.82) is 0 Å². The number of hydrogen-bond donors (Lipinski definition) is 1. The first kappa shape index (κ1) is 12.4. The van der Waals surface area contributed by atoms with Crippen LogP contribution < -0.4 is 5.32 Å². The van der Waals surface area contributed by atoms with Crippen molar-refractivity contribution in [2.75, 3.05) is 11.9 Å². The summed E-state index contributed by atoms with van der Waals surface area (Å²) in [5, 5.41) is 3.14. The van der Waals surface area contributed by atoms with Crippen LogP contribution in [0.25, 0.3) is 11.3 Å². The number of aromatic nitrogens is 2. The lowest BCUT2D eigenvalue weighted by molar-refractivity contribution is 0.630. The molecule has 90 valence electrons. The van der Waals surface area contributed by atoms with Gasteiger partial charge in [0.15, 0.2) is 5.82 Å². The average molecular weight is 316 g/mol. The highest BCUT2D eigenvalue weighted by Gasteiger charge is 2.14. The zero-order valence-corrected chi connectivity index (χ0v) is 11.6. The van der Waals surface area contributed by atoms with Gasteiger partial charge in [-0.3, -0.25) is 0 Å². The Kier molecular flexibility index (Phi) is 4.06. The zero-order valence-electron chi connectivity index (χ0n) is 9.20. The molecular formula is C11H11BrFN3S. The Bertz CT molecular complexity index is 515. The van der Waals surface area contributed by atoms with Crippen LogP contribution in [-0.4, -0.2) is 15.3 Å². The quantitative estimate of drug-likeness (QED) is 0.929. The molecule has 0 saturated carbocycles. The van der Waals surface area contributed by atoms with Gasteiger partial charge < -0.3 is 5.32 Å². The van der Waals surface area contributed by atoms with Gasteiger partial charge in [-0.05, 0) is 24.6 Å². The van der Waals surface area contributed by atoms with Gasteiger partial charge in [0.05, 0.1) is 11.7 Å². The van der Waals surface area contributed by atoms with E-state index in [4.69, 9.17) is 0 Å². The summed E-state index contributed by atoms with van der Waals surface area (Å²) < 4.78 is 22.8. The highest BCUT2D eigenvalue weighted by molar-refractivity contribution is 9.10. The molecule has 1 heterocycles. The molecule has 0 bridgehead atoms. The molecule has 2 aromatic rings. The number of rotatable bonds is 4. The normalized spacial score (nSPS) is 10.5. The summed E-state index contributed by atoms with van der Waals surface area (Å²) in [5.41, 5.74) is 1.04. The Morgan fingerprint density at radius 2 is 2.24 bits per heavy atom. The summed E-state index contributed by atoms with van der Waals surface area (Å²) in [5.74, 6) is 0.356. The first-order valence-electron chi connectivity index (χ1n) is 5.24. The maximum absolute atomic E-state index is 13.7. The van der Waals surface area contributed by atoms with Crippen molar-refractivity contribution >= 4 is 33.5 Å². The minimum absolute atomic E-state index is 0.291. The molecule has 0 saturated heterocycles. The maximum Gasteiger partial charge on any atom is 0.168 e. The predicted molar refractivity (Wildman–Crippen MR) is 71.8 cm³/mol. The van der Waals surface area contributed by atoms with Gasteiger partial charge in [-0.25, -0.2) is 4.39 Å². The lowest BCUT2D eigenvalue weighted by Crippen LogP contribution is -2.01. The Morgan fingerprint density at radius 1 is 1.41 bits per heavy atom. The van der Waals surface area contributed by atoms with Crippen molar-refractivity contribution in [3.05, 3.63) is 28.5 Å². The van der Waals surface area contributed by atoms with Gasteiger partial charge in [-0.15, -0.1) is 0 Å². The molecule has 17 heavy (non-hydrogen) atoms. The van der Waals surface area contributed by atoms with Crippen LogP contribution >= 0.6 is 27.7 Å². The third-order valence-corrected chi connectivity index (χ3v) is 3.24. The lowest BCUT2D eigenvalue weighted by atomic mass is 10.1. The Balaban J connectivity index is 2.38. The SMILES string of the molecule is CCCNc1nsnc1-c1cc(Br)ccc1F. The van der Waals surface area contributed by atoms with Gasteiger partial charge in [-0.1, -0.05) is 22.9 Å². The van der Waals surface area contributed by atoms with E-state index in [1.165, 1.54) is 6.07 Å². The Morgan fingerprint density at radius 3 is 3.00 bits per heavy atom. The number of benzene rings is 1. The number of nitrogens with zero attached hydrogens (tertiary/aromatic N) is 2. The van der Waals surface area contributed by atoms with Crippen LogP contribution in [0.4, 0.5) is 10.2 Å². The summed E-state index contributed by atoms with van der Waals surface area (Å²) in [4.78, 5) is 0. The molecule has 0 aliphatic carbocycles. The van der Waals surface area contributed by atoms with Crippen molar-refractivity contribution in [3.8, 4) is 11.3 Å². The van der Waals surface area contributed by atoms with Gasteiger partial charge in [-0.2, -0.15) is 8.75 Å². The van der Waals surface area contributed by atoms with E-state index in [2.05, 4.69) is 36.9 Å². The van der Waals surface area contributed by atoms with Gasteiger partial charge in [0.25, 0.3) is 0 Å². The maximum atomic E-state index is 13.7. The predicted octanol–water partition coefficient (Wildman–Crippen LogP) is 3.93. The molecule has 0 aliphatic rings. The fourth-order valence-corrected chi connectivity index (χ4v) is 2.30. The van der Waals surface area contributed by atoms with Gasteiger partial charge >= 0.3 is 0 Å². The minimum atomic E-state index is -0.291. The van der Waals surface area contributed by atoms with Crippen molar-refractivity contribution in [2.45, 2.75) is 13.3 Å². The molecule has 0 unspecified atom stereocenters. The fraction of sp³-hybridized carbons (Fsp3) is 0.273. The molecule has 3 nitrogen and oxygen atoms in total. The molecule has 0 spiro atoms. The number of anilines is 1. The van der Waals surface area contributed by atoms with E-state index in [-0.39, 0.29) is 5.82 Å². The van der Waals surface area contributed by atoms with Crippen molar-refractivity contribution in [3.63, 3.8) is 0 Å². The molecule has 2 rings (SSSR count). The monoisotopic (exact) mass is 315 g/mol. The van der Waals surface area contributed by atoms with Crippen LogP contribution in [-0.2, 0) is 0 Å². The average Bonchev–Trinajstić information content (AvgIpc) is 2.77. The van der Waals surface area contributed by atoms with Crippen molar-refractivity contribution in [1.82, 2.24) is 8.75 Å². The molecule has 1 aromatic carbocycles. The van der Waals surface area contributed by atoms with E-state index < -0.39 is 0 Å². The van der Waals surface area contributed by atoms with Gasteiger partial charge in [0.1, 0.15) is 11.5 Å². The number of hydrogen-bond acceptors (Lipinski definition) is 4. The molecule has 6 heteroatoms. The van der Waals surface area contributed by atoms with Crippen LogP contribution in [0.1, 0.15) is 13.3 Å².